The molecule has 0 spiro atoms. The van der Waals surface area contributed by atoms with E-state index in [0.29, 0.717) is 19.5 Å². The number of hydrogen-bond donors (Lipinski definition) is 1. The van der Waals surface area contributed by atoms with E-state index in [0.717, 1.165) is 24.3 Å². The summed E-state index contributed by atoms with van der Waals surface area (Å²) < 4.78 is 12.7. The minimum Gasteiger partial charge on any atom is -0.454 e. The second-order valence-corrected chi connectivity index (χ2v) is 7.09. The van der Waals surface area contributed by atoms with Crippen molar-refractivity contribution in [1.82, 2.24) is 20.1 Å². The molecule has 1 aromatic carbocycles. The molecule has 2 heterocycles. The summed E-state index contributed by atoms with van der Waals surface area (Å²) in [6, 6.07) is 6.20. The fourth-order valence-electron chi connectivity index (χ4n) is 3.94. The van der Waals surface area contributed by atoms with Gasteiger partial charge < -0.3 is 14.8 Å². The summed E-state index contributed by atoms with van der Waals surface area (Å²) in [6.45, 7) is 1.48. The Bertz CT molecular complexity index is 754. The Morgan fingerprint density at radius 1 is 1.19 bits per heavy atom. The van der Waals surface area contributed by atoms with Gasteiger partial charge in [-0.1, -0.05) is 25.3 Å². The number of benzene rings is 1. The smallest absolute Gasteiger partial charge is 0.231 e. The maximum atomic E-state index is 12.3. The molecule has 1 N–H and O–H groups in total. The summed E-state index contributed by atoms with van der Waals surface area (Å²) in [4.78, 5) is 16.2. The number of carbonyl (C=O) groups excluding carboxylic acids is 1. The van der Waals surface area contributed by atoms with Crippen molar-refractivity contribution in [3.05, 3.63) is 36.4 Å². The lowest BCUT2D eigenvalue weighted by Gasteiger charge is -2.38. The second-order valence-electron chi connectivity index (χ2n) is 7.09. The fourth-order valence-corrected chi connectivity index (χ4v) is 3.94. The van der Waals surface area contributed by atoms with Crippen molar-refractivity contribution in [3.63, 3.8) is 0 Å². The van der Waals surface area contributed by atoms with Gasteiger partial charge in [0.25, 0.3) is 0 Å². The van der Waals surface area contributed by atoms with Gasteiger partial charge in [0.05, 0.1) is 6.54 Å². The van der Waals surface area contributed by atoms with E-state index in [2.05, 4.69) is 27.5 Å². The average Bonchev–Trinajstić information content (AvgIpc) is 3.36. The van der Waals surface area contributed by atoms with E-state index in [1.54, 1.807) is 11.0 Å². The average molecular weight is 356 g/mol. The Morgan fingerprint density at radius 2 is 2.04 bits per heavy atom. The van der Waals surface area contributed by atoms with Gasteiger partial charge in [-0.05, 0) is 30.5 Å². The van der Waals surface area contributed by atoms with Crippen molar-refractivity contribution in [2.75, 3.05) is 13.3 Å². The Hall–Kier alpha value is -2.57. The highest BCUT2D eigenvalue weighted by molar-refractivity contribution is 5.76. The fraction of sp³-hybridized carbons (Fsp3) is 0.526. The van der Waals surface area contributed by atoms with E-state index < -0.39 is 0 Å². The van der Waals surface area contributed by atoms with Gasteiger partial charge >= 0.3 is 0 Å². The number of hydrogen-bond acceptors (Lipinski definition) is 5. The van der Waals surface area contributed by atoms with Gasteiger partial charge in [0.1, 0.15) is 12.7 Å². The standard InChI is InChI=1S/C19H24N4O3/c24-18(6-9-23-13-20-12-22-23)21-11-19(7-2-1-3-8-19)15-4-5-16-17(10-15)26-14-25-16/h4-5,10,12-13H,1-3,6-9,11,14H2,(H,21,24). The molecule has 2 aromatic rings. The molecule has 0 unspecified atom stereocenters. The summed E-state index contributed by atoms with van der Waals surface area (Å²) in [7, 11) is 0. The van der Waals surface area contributed by atoms with E-state index in [9.17, 15) is 4.79 Å². The van der Waals surface area contributed by atoms with Crippen LogP contribution in [0.25, 0.3) is 0 Å². The van der Waals surface area contributed by atoms with Gasteiger partial charge in [-0.2, -0.15) is 5.10 Å². The Morgan fingerprint density at radius 3 is 2.85 bits per heavy atom. The molecule has 1 amide bonds. The molecule has 1 fully saturated rings. The first-order valence-corrected chi connectivity index (χ1v) is 9.24. The van der Waals surface area contributed by atoms with E-state index in [1.807, 2.05) is 6.07 Å². The number of rotatable bonds is 6. The molecule has 0 atom stereocenters. The summed E-state index contributed by atoms with van der Waals surface area (Å²) in [6.07, 6.45) is 9.29. The minimum absolute atomic E-state index is 0.0256. The first-order chi connectivity index (χ1) is 12.8. The van der Waals surface area contributed by atoms with Gasteiger partial charge in [-0.3, -0.25) is 9.48 Å². The van der Waals surface area contributed by atoms with Crippen LogP contribution < -0.4 is 14.8 Å². The van der Waals surface area contributed by atoms with Gasteiger partial charge in [0.15, 0.2) is 11.5 Å². The van der Waals surface area contributed by atoms with Crippen LogP contribution in [0.1, 0.15) is 44.1 Å². The quantitative estimate of drug-likeness (QED) is 0.860. The molecule has 26 heavy (non-hydrogen) atoms. The van der Waals surface area contributed by atoms with Crippen LogP contribution in [0, 0.1) is 0 Å². The van der Waals surface area contributed by atoms with E-state index in [4.69, 9.17) is 9.47 Å². The number of ether oxygens (including phenoxy) is 2. The molecule has 7 heteroatoms. The predicted octanol–water partition coefficient (Wildman–Crippen LogP) is 2.42. The van der Waals surface area contributed by atoms with Crippen molar-refractivity contribution in [3.8, 4) is 11.5 Å². The van der Waals surface area contributed by atoms with Crippen molar-refractivity contribution in [2.24, 2.45) is 0 Å². The molecule has 7 nitrogen and oxygen atoms in total. The molecule has 1 aliphatic heterocycles. The predicted molar refractivity (Wildman–Crippen MR) is 95.0 cm³/mol. The second kappa shape index (κ2) is 7.35. The Balaban J connectivity index is 1.43. The minimum atomic E-state index is -0.0256. The first kappa shape index (κ1) is 16.9. The first-order valence-electron chi connectivity index (χ1n) is 9.24. The molecule has 2 aliphatic rings. The van der Waals surface area contributed by atoms with Crippen LogP contribution in [0.3, 0.4) is 0 Å². The molecule has 0 saturated heterocycles. The maximum absolute atomic E-state index is 12.3. The Kier molecular flexibility index (Phi) is 4.77. The lowest BCUT2D eigenvalue weighted by molar-refractivity contribution is -0.121. The molecule has 4 rings (SSSR count). The zero-order chi connectivity index (χ0) is 17.8. The van der Waals surface area contributed by atoms with Crippen LogP contribution in [-0.4, -0.2) is 34.0 Å². The maximum Gasteiger partial charge on any atom is 0.231 e. The van der Waals surface area contributed by atoms with Crippen LogP contribution >= 0.6 is 0 Å². The molecule has 0 bridgehead atoms. The van der Waals surface area contributed by atoms with Gasteiger partial charge in [0.2, 0.25) is 12.7 Å². The molecule has 0 radical (unpaired) electrons. The van der Waals surface area contributed by atoms with Gasteiger partial charge in [-0.15, -0.1) is 0 Å². The van der Waals surface area contributed by atoms with Crippen LogP contribution in [0.2, 0.25) is 0 Å². The van der Waals surface area contributed by atoms with E-state index in [-0.39, 0.29) is 18.1 Å². The number of nitrogens with one attached hydrogen (secondary N) is 1. The van der Waals surface area contributed by atoms with Crippen molar-refractivity contribution in [1.29, 1.82) is 0 Å². The van der Waals surface area contributed by atoms with Crippen LogP contribution in [0.15, 0.2) is 30.9 Å². The zero-order valence-corrected chi connectivity index (χ0v) is 14.8. The number of fused-ring (bicyclic) bond motifs is 1. The third-order valence-electron chi connectivity index (χ3n) is 5.45. The van der Waals surface area contributed by atoms with Gasteiger partial charge in [-0.25, -0.2) is 4.98 Å². The Labute approximate surface area is 152 Å². The summed E-state index contributed by atoms with van der Waals surface area (Å²) in [5, 5.41) is 7.18. The molecular formula is C19H24N4O3. The topological polar surface area (TPSA) is 78.3 Å². The summed E-state index contributed by atoms with van der Waals surface area (Å²) >= 11 is 0. The highest BCUT2D eigenvalue weighted by Gasteiger charge is 2.35. The third-order valence-corrected chi connectivity index (χ3v) is 5.45. The third kappa shape index (κ3) is 3.52. The zero-order valence-electron chi connectivity index (χ0n) is 14.8. The molecule has 1 aliphatic carbocycles. The normalized spacial score (nSPS) is 17.8. The number of aromatic nitrogens is 3. The molecule has 1 saturated carbocycles. The SMILES string of the molecule is O=C(CCn1cncn1)NCC1(c2ccc3c(c2)OCO3)CCCCC1. The monoisotopic (exact) mass is 356 g/mol. The van der Waals surface area contributed by atoms with Crippen LogP contribution in [0.5, 0.6) is 11.5 Å². The largest absolute Gasteiger partial charge is 0.454 e. The van der Waals surface area contributed by atoms with Crippen molar-refractivity contribution >= 4 is 5.91 Å². The molecular weight excluding hydrogens is 332 g/mol. The van der Waals surface area contributed by atoms with Gasteiger partial charge in [0, 0.05) is 18.4 Å². The van der Waals surface area contributed by atoms with Crippen molar-refractivity contribution in [2.45, 2.75) is 50.5 Å². The van der Waals surface area contributed by atoms with E-state index in [1.165, 1.54) is 31.2 Å². The van der Waals surface area contributed by atoms with E-state index >= 15 is 0 Å². The van der Waals surface area contributed by atoms with Crippen molar-refractivity contribution < 1.29 is 14.3 Å². The van der Waals surface area contributed by atoms with Crippen LogP contribution in [-0.2, 0) is 16.8 Å². The summed E-state index contributed by atoms with van der Waals surface area (Å²) in [5.41, 5.74) is 1.21. The number of nitrogens with zero attached hydrogens (tertiary/aromatic N) is 3. The highest BCUT2D eigenvalue weighted by atomic mass is 16.7. The number of aryl methyl sites for hydroxylation is 1. The summed E-state index contributed by atoms with van der Waals surface area (Å²) in [5.74, 6) is 1.66. The lowest BCUT2D eigenvalue weighted by atomic mass is 9.69. The molecule has 138 valence electrons. The number of carbonyl (C=O) groups is 1. The van der Waals surface area contributed by atoms with Crippen LogP contribution in [0.4, 0.5) is 0 Å². The molecule has 1 aromatic heterocycles. The number of amides is 1. The lowest BCUT2D eigenvalue weighted by Crippen LogP contribution is -2.42. The highest BCUT2D eigenvalue weighted by Crippen LogP contribution is 2.43.